The van der Waals surface area contributed by atoms with Gasteiger partial charge in [0.2, 0.25) is 0 Å². The average molecular weight is 513 g/mol. The quantitative estimate of drug-likeness (QED) is 0.564. The molecule has 2 saturated heterocycles. The highest BCUT2D eigenvalue weighted by molar-refractivity contribution is 6.03. The molecule has 1 N–H and O–H groups in total. The maximum Gasteiger partial charge on any atom is 0.396 e. The minimum absolute atomic E-state index is 0.0844. The van der Waals surface area contributed by atoms with E-state index in [1.807, 2.05) is 0 Å². The van der Waals surface area contributed by atoms with E-state index in [9.17, 15) is 26.7 Å². The number of nitrogens with zero attached hydrogens (tertiary/aromatic N) is 2. The molecule has 2 aromatic rings. The van der Waals surface area contributed by atoms with Gasteiger partial charge in [-0.05, 0) is 37.5 Å². The number of fused-ring (bicyclic) bond motifs is 1. The van der Waals surface area contributed by atoms with Gasteiger partial charge in [0.05, 0.1) is 19.3 Å². The number of hydrogen-bond donors (Lipinski definition) is 1. The third-order valence-electron chi connectivity index (χ3n) is 7.53. The van der Waals surface area contributed by atoms with Crippen molar-refractivity contribution >= 4 is 17.6 Å². The summed E-state index contributed by atoms with van der Waals surface area (Å²) in [4.78, 5) is 18.6. The monoisotopic (exact) mass is 513 g/mol. The van der Waals surface area contributed by atoms with Gasteiger partial charge in [0.1, 0.15) is 12.2 Å². The molecule has 12 heteroatoms. The van der Waals surface area contributed by atoms with Crippen molar-refractivity contribution in [3.63, 3.8) is 0 Å². The third-order valence-corrected chi connectivity index (χ3v) is 7.53. The molecule has 1 spiro atoms. The van der Waals surface area contributed by atoms with Crippen LogP contribution >= 0.6 is 0 Å². The van der Waals surface area contributed by atoms with E-state index in [2.05, 4.69) is 10.3 Å². The fraction of sp³-hybridized carbons (Fsp3) is 0.583. The van der Waals surface area contributed by atoms with Crippen molar-refractivity contribution in [2.24, 2.45) is 17.3 Å². The van der Waals surface area contributed by atoms with Gasteiger partial charge in [-0.3, -0.25) is 4.79 Å². The largest absolute Gasteiger partial charge is 0.484 e. The molecular formula is C24H24F5N3O4. The van der Waals surface area contributed by atoms with Gasteiger partial charge in [0.15, 0.2) is 23.1 Å². The molecular weight excluding hydrogens is 489 g/mol. The zero-order valence-electron chi connectivity index (χ0n) is 19.2. The van der Waals surface area contributed by atoms with Crippen LogP contribution in [0, 0.1) is 28.9 Å². The van der Waals surface area contributed by atoms with Crippen molar-refractivity contribution in [2.75, 3.05) is 36.5 Å². The molecule has 6 rings (SSSR count). The minimum Gasteiger partial charge on any atom is -0.484 e. The molecule has 4 aliphatic rings. The van der Waals surface area contributed by atoms with Crippen molar-refractivity contribution in [1.82, 2.24) is 4.98 Å². The second-order valence-electron chi connectivity index (χ2n) is 10.4. The Labute approximate surface area is 202 Å². The molecule has 1 aromatic carbocycles. The summed E-state index contributed by atoms with van der Waals surface area (Å²) in [6.07, 6.45) is -3.02. The van der Waals surface area contributed by atoms with Crippen LogP contribution in [0.4, 0.5) is 33.7 Å². The molecule has 2 saturated carbocycles. The van der Waals surface area contributed by atoms with Crippen molar-refractivity contribution < 1.29 is 40.6 Å². The number of ether oxygens (including phenoxy) is 2. The van der Waals surface area contributed by atoms with Crippen molar-refractivity contribution in [1.29, 1.82) is 0 Å². The molecule has 1 aromatic heterocycles. The Morgan fingerprint density at radius 2 is 1.86 bits per heavy atom. The summed E-state index contributed by atoms with van der Waals surface area (Å²) in [6.45, 7) is 2.08. The highest BCUT2D eigenvalue weighted by Gasteiger charge is 2.48. The number of carbonyl (C=O) groups is 1. The first-order chi connectivity index (χ1) is 17.1. The summed E-state index contributed by atoms with van der Waals surface area (Å²) < 4.78 is 84.9. The van der Waals surface area contributed by atoms with E-state index >= 15 is 0 Å². The number of anilines is 2. The molecule has 2 atom stereocenters. The van der Waals surface area contributed by atoms with E-state index in [4.69, 9.17) is 13.9 Å². The van der Waals surface area contributed by atoms with E-state index in [-0.39, 0.29) is 23.2 Å². The van der Waals surface area contributed by atoms with Crippen LogP contribution in [0.5, 0.6) is 5.75 Å². The molecule has 2 unspecified atom stereocenters. The molecule has 7 nitrogen and oxygen atoms in total. The molecule has 1 amide bonds. The lowest BCUT2D eigenvalue weighted by Gasteiger charge is -2.37. The first kappa shape index (κ1) is 23.5. The summed E-state index contributed by atoms with van der Waals surface area (Å²) in [6, 6.07) is 1.65. The Kier molecular flexibility index (Phi) is 5.43. The van der Waals surface area contributed by atoms with Crippen LogP contribution in [0.15, 0.2) is 16.5 Å². The highest BCUT2D eigenvalue weighted by Crippen LogP contribution is 2.52. The number of oxazole rings is 1. The maximum absolute atomic E-state index is 14.6. The Bertz CT molecular complexity index is 1160. The maximum atomic E-state index is 14.6. The van der Waals surface area contributed by atoms with E-state index in [0.717, 1.165) is 37.8 Å². The fourth-order valence-corrected chi connectivity index (χ4v) is 5.54. The lowest BCUT2D eigenvalue weighted by molar-refractivity contribution is -0.130. The Balaban J connectivity index is 1.20. The number of aromatic nitrogens is 1. The van der Waals surface area contributed by atoms with Crippen LogP contribution in [0.3, 0.4) is 0 Å². The van der Waals surface area contributed by atoms with E-state index in [1.54, 1.807) is 4.90 Å². The minimum atomic E-state index is -4.65. The fourth-order valence-electron chi connectivity index (χ4n) is 5.54. The molecule has 3 heterocycles. The first-order valence-corrected chi connectivity index (χ1v) is 11.9. The predicted molar refractivity (Wildman–Crippen MR) is 116 cm³/mol. The molecule has 4 fully saturated rings. The van der Waals surface area contributed by atoms with Gasteiger partial charge in [-0.25, -0.2) is 8.78 Å². The van der Waals surface area contributed by atoms with Gasteiger partial charge in [-0.15, -0.1) is 0 Å². The number of alkyl halides is 3. The van der Waals surface area contributed by atoms with Crippen LogP contribution in [0.1, 0.15) is 41.9 Å². The Hall–Kier alpha value is -2.89. The first-order valence-electron chi connectivity index (χ1n) is 11.9. The summed E-state index contributed by atoms with van der Waals surface area (Å²) in [5.74, 6) is -3.14. The Morgan fingerprint density at radius 3 is 2.44 bits per heavy atom. The molecule has 2 aliphatic heterocycles. The van der Waals surface area contributed by atoms with E-state index < -0.39 is 47.3 Å². The topological polar surface area (TPSA) is 76.8 Å². The molecule has 0 radical (unpaired) electrons. The average Bonchev–Trinajstić information content (AvgIpc) is 3.14. The summed E-state index contributed by atoms with van der Waals surface area (Å²) in [5, 5.41) is 2.24. The second kappa shape index (κ2) is 8.32. The number of hydrogen-bond acceptors (Lipinski definition) is 6. The summed E-state index contributed by atoms with van der Waals surface area (Å²) in [7, 11) is 0. The van der Waals surface area contributed by atoms with Crippen LogP contribution in [-0.2, 0) is 11.2 Å². The number of amides is 1. The van der Waals surface area contributed by atoms with Crippen LogP contribution in [0.25, 0.3) is 0 Å². The lowest BCUT2D eigenvalue weighted by Crippen LogP contribution is -2.44. The van der Waals surface area contributed by atoms with Crippen LogP contribution in [-0.4, -0.2) is 49.5 Å². The van der Waals surface area contributed by atoms with Crippen molar-refractivity contribution in [3.05, 3.63) is 35.2 Å². The van der Waals surface area contributed by atoms with Gasteiger partial charge in [-0.2, -0.15) is 18.2 Å². The lowest BCUT2D eigenvalue weighted by atomic mass is 9.85. The van der Waals surface area contributed by atoms with Gasteiger partial charge in [-0.1, -0.05) is 0 Å². The molecule has 36 heavy (non-hydrogen) atoms. The smallest absolute Gasteiger partial charge is 0.396 e. The van der Waals surface area contributed by atoms with Crippen molar-refractivity contribution in [3.8, 4) is 5.75 Å². The standard InChI is InChI=1S/C24H24F5N3O4/c25-16-6-14(7-17(26)20(16)35-15-4-12-3-13(12)5-15)30-21(33)19-18(8-24(27,28)29)36-22(31-19)32-2-1-23(9-32)10-34-11-23/h6-7,12-13,15H,1-5,8-11H2,(H,30,33). The van der Waals surface area contributed by atoms with Gasteiger partial charge >= 0.3 is 6.18 Å². The zero-order chi connectivity index (χ0) is 25.2. The summed E-state index contributed by atoms with van der Waals surface area (Å²) in [5.41, 5.74) is -0.941. The third kappa shape index (κ3) is 4.51. The normalized spacial score (nSPS) is 26.1. The van der Waals surface area contributed by atoms with E-state index in [1.165, 1.54) is 0 Å². The highest BCUT2D eigenvalue weighted by atomic mass is 19.4. The van der Waals surface area contributed by atoms with Crippen LogP contribution < -0.4 is 15.0 Å². The number of halogens is 5. The molecule has 194 valence electrons. The second-order valence-corrected chi connectivity index (χ2v) is 10.4. The van der Waals surface area contributed by atoms with E-state index in [0.29, 0.717) is 38.1 Å². The van der Waals surface area contributed by atoms with Gasteiger partial charge in [0.25, 0.3) is 11.9 Å². The van der Waals surface area contributed by atoms with Gasteiger partial charge in [0, 0.05) is 36.3 Å². The predicted octanol–water partition coefficient (Wildman–Crippen LogP) is 4.71. The number of carbonyl (C=O) groups excluding carboxylic acids is 1. The molecule has 0 bridgehead atoms. The Morgan fingerprint density at radius 1 is 1.17 bits per heavy atom. The number of benzene rings is 1. The van der Waals surface area contributed by atoms with Crippen LogP contribution in [0.2, 0.25) is 0 Å². The number of rotatable bonds is 6. The zero-order valence-corrected chi connectivity index (χ0v) is 19.2. The number of nitrogens with one attached hydrogen (secondary N) is 1. The van der Waals surface area contributed by atoms with Gasteiger partial charge < -0.3 is 24.1 Å². The SMILES string of the molecule is O=C(Nc1cc(F)c(OC2CC3CC3C2)c(F)c1)c1nc(N2CCC3(COC3)C2)oc1CC(F)(F)F. The molecule has 2 aliphatic carbocycles. The van der Waals surface area contributed by atoms with Crippen molar-refractivity contribution in [2.45, 2.75) is 44.4 Å². The summed E-state index contributed by atoms with van der Waals surface area (Å²) >= 11 is 0.